The highest BCUT2D eigenvalue weighted by Crippen LogP contribution is 1.81. The fourth-order valence-corrected chi connectivity index (χ4v) is 0. The molecule has 0 radical (unpaired) electrons. The molecule has 0 spiro atoms. The van der Waals surface area contributed by atoms with Crippen molar-refractivity contribution < 1.29 is 19.4 Å². The molecular formula is C6H10O4. The first kappa shape index (κ1) is 11.5. The summed E-state index contributed by atoms with van der Waals surface area (Å²) in [7, 11) is 1.31. The molecule has 0 aliphatic carbocycles. The number of carboxylic acids is 1. The van der Waals surface area contributed by atoms with Crippen LogP contribution in [0.5, 0.6) is 0 Å². The van der Waals surface area contributed by atoms with E-state index in [1.807, 2.05) is 0 Å². The number of carboxylic acid groups (broad SMARTS) is 1. The van der Waals surface area contributed by atoms with E-state index in [0.717, 1.165) is 0 Å². The van der Waals surface area contributed by atoms with Crippen LogP contribution in [0.15, 0.2) is 12.2 Å². The normalized spacial score (nSPS) is 6.60. The van der Waals surface area contributed by atoms with E-state index in [9.17, 15) is 4.79 Å². The standard InChI is InChI=1S/C4H6O2.C2H4O2/c1-3(2)4(5)6;1-4-2-3/h1H2,2H3,(H,5,6);2H,1H3. The summed E-state index contributed by atoms with van der Waals surface area (Å²) >= 11 is 0. The van der Waals surface area contributed by atoms with Crippen molar-refractivity contribution >= 4 is 12.4 Å². The molecule has 4 heteroatoms. The molecule has 0 saturated heterocycles. The van der Waals surface area contributed by atoms with Gasteiger partial charge in [0.15, 0.2) is 0 Å². The van der Waals surface area contributed by atoms with Crippen molar-refractivity contribution in [2.45, 2.75) is 6.92 Å². The number of hydrogen-bond donors (Lipinski definition) is 1. The van der Waals surface area contributed by atoms with Gasteiger partial charge in [-0.05, 0) is 6.92 Å². The minimum Gasteiger partial charge on any atom is -0.478 e. The zero-order valence-electron chi connectivity index (χ0n) is 5.96. The fourth-order valence-electron chi connectivity index (χ4n) is 0. The predicted molar refractivity (Wildman–Crippen MR) is 35.5 cm³/mol. The average Bonchev–Trinajstić information content (AvgIpc) is 1.89. The van der Waals surface area contributed by atoms with Crippen LogP contribution in [0.2, 0.25) is 0 Å². The summed E-state index contributed by atoms with van der Waals surface area (Å²) in [5.74, 6) is -0.935. The Balaban J connectivity index is 0. The van der Waals surface area contributed by atoms with Gasteiger partial charge in [-0.2, -0.15) is 0 Å². The van der Waals surface area contributed by atoms with Crippen LogP contribution in [0.25, 0.3) is 0 Å². The summed E-state index contributed by atoms with van der Waals surface area (Å²) in [5, 5.41) is 7.89. The molecule has 0 aromatic rings. The van der Waals surface area contributed by atoms with Crippen molar-refractivity contribution in [2.24, 2.45) is 0 Å². The largest absolute Gasteiger partial charge is 0.478 e. The lowest BCUT2D eigenvalue weighted by atomic mass is 10.4. The molecule has 0 aromatic heterocycles. The van der Waals surface area contributed by atoms with E-state index < -0.39 is 5.97 Å². The molecule has 0 aliphatic heterocycles. The monoisotopic (exact) mass is 146 g/mol. The summed E-state index contributed by atoms with van der Waals surface area (Å²) in [6, 6.07) is 0. The number of hydrogen-bond acceptors (Lipinski definition) is 3. The van der Waals surface area contributed by atoms with Gasteiger partial charge in [-0.15, -0.1) is 0 Å². The van der Waals surface area contributed by atoms with E-state index in [1.54, 1.807) is 0 Å². The number of carbonyl (C=O) groups excluding carboxylic acids is 1. The van der Waals surface area contributed by atoms with Gasteiger partial charge < -0.3 is 9.84 Å². The molecule has 0 aromatic carbocycles. The molecule has 58 valence electrons. The summed E-state index contributed by atoms with van der Waals surface area (Å²) in [5.41, 5.74) is 0.176. The van der Waals surface area contributed by atoms with Crippen molar-refractivity contribution in [3.63, 3.8) is 0 Å². The maximum absolute atomic E-state index is 9.60. The van der Waals surface area contributed by atoms with Gasteiger partial charge in [0.2, 0.25) is 0 Å². The quantitative estimate of drug-likeness (QED) is 0.453. The molecule has 0 fully saturated rings. The molecule has 0 saturated carbocycles. The van der Waals surface area contributed by atoms with Crippen molar-refractivity contribution in [3.8, 4) is 0 Å². The van der Waals surface area contributed by atoms with Crippen LogP contribution in [0.4, 0.5) is 0 Å². The second-order valence-corrected chi connectivity index (χ2v) is 1.42. The van der Waals surface area contributed by atoms with Gasteiger partial charge in [0.05, 0.1) is 7.11 Å². The molecule has 0 rings (SSSR count). The number of carbonyl (C=O) groups is 2. The first-order chi connectivity index (χ1) is 4.56. The minimum absolute atomic E-state index is 0.176. The van der Waals surface area contributed by atoms with Crippen LogP contribution in [-0.4, -0.2) is 24.7 Å². The second-order valence-electron chi connectivity index (χ2n) is 1.42. The van der Waals surface area contributed by atoms with Crippen LogP contribution in [0.3, 0.4) is 0 Å². The lowest BCUT2D eigenvalue weighted by Gasteiger charge is -1.79. The maximum Gasteiger partial charge on any atom is 0.330 e. The Morgan fingerprint density at radius 2 is 1.90 bits per heavy atom. The SMILES string of the molecule is C=C(C)C(=O)O.COC=O. The summed E-state index contributed by atoms with van der Waals surface area (Å²) in [6.07, 6.45) is 0. The third kappa shape index (κ3) is 15.9. The highest BCUT2D eigenvalue weighted by Gasteiger charge is 1.90. The van der Waals surface area contributed by atoms with Gasteiger partial charge in [-0.1, -0.05) is 6.58 Å². The molecule has 0 atom stereocenters. The molecule has 0 heterocycles. The van der Waals surface area contributed by atoms with E-state index >= 15 is 0 Å². The maximum atomic E-state index is 9.60. The third-order valence-corrected chi connectivity index (χ3v) is 0.461. The van der Waals surface area contributed by atoms with Gasteiger partial charge in [0.1, 0.15) is 0 Å². The Kier molecular flexibility index (Phi) is 8.81. The number of ether oxygens (including phenoxy) is 1. The van der Waals surface area contributed by atoms with E-state index in [2.05, 4.69) is 11.3 Å². The predicted octanol–water partition coefficient (Wildman–Crippen LogP) is 0.436. The van der Waals surface area contributed by atoms with Crippen molar-refractivity contribution in [3.05, 3.63) is 12.2 Å². The van der Waals surface area contributed by atoms with E-state index in [4.69, 9.17) is 9.90 Å². The molecule has 10 heavy (non-hydrogen) atoms. The van der Waals surface area contributed by atoms with E-state index in [0.29, 0.717) is 6.47 Å². The highest BCUT2D eigenvalue weighted by molar-refractivity contribution is 5.84. The van der Waals surface area contributed by atoms with Gasteiger partial charge >= 0.3 is 5.97 Å². The average molecular weight is 146 g/mol. The summed E-state index contributed by atoms with van der Waals surface area (Å²) in [6.45, 7) is 4.98. The zero-order valence-corrected chi connectivity index (χ0v) is 5.96. The van der Waals surface area contributed by atoms with Crippen LogP contribution in [0.1, 0.15) is 6.92 Å². The van der Waals surface area contributed by atoms with Gasteiger partial charge in [-0.25, -0.2) is 4.79 Å². The van der Waals surface area contributed by atoms with Gasteiger partial charge in [-0.3, -0.25) is 4.79 Å². The van der Waals surface area contributed by atoms with E-state index in [-0.39, 0.29) is 5.57 Å². The molecule has 0 aliphatic rings. The number of rotatable bonds is 2. The Labute approximate surface area is 59.1 Å². The topological polar surface area (TPSA) is 63.6 Å². The second kappa shape index (κ2) is 7.68. The van der Waals surface area contributed by atoms with Crippen LogP contribution >= 0.6 is 0 Å². The summed E-state index contributed by atoms with van der Waals surface area (Å²) in [4.78, 5) is 18.6. The van der Waals surface area contributed by atoms with Crippen molar-refractivity contribution in [2.75, 3.05) is 7.11 Å². The lowest BCUT2D eigenvalue weighted by molar-refractivity contribution is -0.132. The smallest absolute Gasteiger partial charge is 0.330 e. The number of methoxy groups -OCH3 is 1. The van der Waals surface area contributed by atoms with Gasteiger partial charge in [0, 0.05) is 5.57 Å². The Morgan fingerprint density at radius 3 is 1.90 bits per heavy atom. The molecule has 1 N–H and O–H groups in total. The van der Waals surface area contributed by atoms with E-state index in [1.165, 1.54) is 14.0 Å². The van der Waals surface area contributed by atoms with Crippen LogP contribution < -0.4 is 0 Å². The first-order valence-electron chi connectivity index (χ1n) is 2.41. The van der Waals surface area contributed by atoms with Crippen molar-refractivity contribution in [1.82, 2.24) is 0 Å². The summed E-state index contributed by atoms with van der Waals surface area (Å²) < 4.78 is 3.86. The van der Waals surface area contributed by atoms with Crippen LogP contribution in [-0.2, 0) is 14.3 Å². The zero-order chi connectivity index (χ0) is 8.57. The molecular weight excluding hydrogens is 136 g/mol. The lowest BCUT2D eigenvalue weighted by Crippen LogP contribution is -1.92. The molecule has 4 nitrogen and oxygen atoms in total. The number of aliphatic carboxylic acids is 1. The van der Waals surface area contributed by atoms with Crippen molar-refractivity contribution in [1.29, 1.82) is 0 Å². The Hall–Kier alpha value is -1.32. The Bertz CT molecular complexity index is 116. The fraction of sp³-hybridized carbons (Fsp3) is 0.333. The molecule has 0 amide bonds. The Morgan fingerprint density at radius 1 is 1.70 bits per heavy atom. The minimum atomic E-state index is -0.935. The molecule has 0 bridgehead atoms. The first-order valence-corrected chi connectivity index (χ1v) is 2.41. The molecule has 0 unspecified atom stereocenters. The van der Waals surface area contributed by atoms with Gasteiger partial charge in [0.25, 0.3) is 6.47 Å². The highest BCUT2D eigenvalue weighted by atomic mass is 16.5. The van der Waals surface area contributed by atoms with Crippen LogP contribution in [0, 0.1) is 0 Å². The third-order valence-electron chi connectivity index (χ3n) is 0.461.